The molecule has 0 saturated heterocycles. The highest BCUT2D eigenvalue weighted by atomic mass is 16.5. The number of nitrogens with zero attached hydrogens (tertiary/aromatic N) is 1. The summed E-state index contributed by atoms with van der Waals surface area (Å²) in [6, 6.07) is 10.4. The summed E-state index contributed by atoms with van der Waals surface area (Å²) in [6.45, 7) is 4.08. The van der Waals surface area contributed by atoms with Crippen molar-refractivity contribution in [1.82, 2.24) is 0 Å². The van der Waals surface area contributed by atoms with E-state index in [1.807, 2.05) is 31.7 Å². The van der Waals surface area contributed by atoms with E-state index in [4.69, 9.17) is 4.74 Å². The van der Waals surface area contributed by atoms with Crippen LogP contribution in [0.3, 0.4) is 0 Å². The first-order valence-electron chi connectivity index (χ1n) is 5.31. The smallest absolute Gasteiger partial charge is 0.332 e. The van der Waals surface area contributed by atoms with Crippen LogP contribution in [0, 0.1) is 0 Å². The molecule has 0 amide bonds. The second-order valence-corrected chi connectivity index (χ2v) is 4.03. The summed E-state index contributed by atoms with van der Waals surface area (Å²) < 4.78 is 7.75. The second kappa shape index (κ2) is 5.54. The first-order chi connectivity index (χ1) is 7.09. The zero-order valence-corrected chi connectivity index (χ0v) is 10.0. The van der Waals surface area contributed by atoms with Crippen LogP contribution in [0.1, 0.15) is 19.4 Å². The Balaban J connectivity index is 2.50. The van der Waals surface area contributed by atoms with Crippen molar-refractivity contribution in [3.8, 4) is 0 Å². The van der Waals surface area contributed by atoms with Gasteiger partial charge < -0.3 is 4.74 Å². The molecule has 0 aromatic heterocycles. The van der Waals surface area contributed by atoms with E-state index in [9.17, 15) is 0 Å². The van der Waals surface area contributed by atoms with Crippen molar-refractivity contribution in [1.29, 1.82) is 0 Å². The highest BCUT2D eigenvalue weighted by Crippen LogP contribution is 2.05. The van der Waals surface area contributed by atoms with E-state index >= 15 is 0 Å². The summed E-state index contributed by atoms with van der Waals surface area (Å²) in [4.78, 5) is 0. The van der Waals surface area contributed by atoms with Gasteiger partial charge in [0.15, 0.2) is 0 Å². The van der Waals surface area contributed by atoms with Gasteiger partial charge in [0.2, 0.25) is 0 Å². The Bertz CT molecular complexity index is 326. The number of benzene rings is 1. The number of rotatable bonds is 3. The molecule has 0 aliphatic carbocycles. The van der Waals surface area contributed by atoms with Crippen LogP contribution in [0.5, 0.6) is 0 Å². The normalized spacial score (nSPS) is 12.0. The number of ether oxygens (including phenoxy) is 1. The molecule has 0 radical (unpaired) electrons. The molecule has 0 spiro atoms. The standard InChI is InChI=1S/C13H20NO/c1-11(15-12(2)14(3)4)10-13-8-6-5-7-9-13/h5-9,11H,10H2,1-4H3/q+1. The quantitative estimate of drug-likeness (QED) is 0.420. The second-order valence-electron chi connectivity index (χ2n) is 4.03. The van der Waals surface area contributed by atoms with Gasteiger partial charge in [-0.1, -0.05) is 30.3 Å². The van der Waals surface area contributed by atoms with E-state index < -0.39 is 0 Å². The minimum Gasteiger partial charge on any atom is -0.445 e. The first kappa shape index (κ1) is 11.8. The highest BCUT2D eigenvalue weighted by Gasteiger charge is 2.09. The van der Waals surface area contributed by atoms with Gasteiger partial charge in [-0.2, -0.15) is 0 Å². The monoisotopic (exact) mass is 206 g/mol. The van der Waals surface area contributed by atoms with Crippen LogP contribution >= 0.6 is 0 Å². The van der Waals surface area contributed by atoms with Crippen molar-refractivity contribution >= 4 is 5.90 Å². The van der Waals surface area contributed by atoms with Crippen molar-refractivity contribution in [2.45, 2.75) is 26.4 Å². The van der Waals surface area contributed by atoms with Crippen molar-refractivity contribution in [2.75, 3.05) is 14.1 Å². The molecular formula is C13H20NO+. The molecule has 0 heterocycles. The molecule has 1 aromatic carbocycles. The number of hydrogen-bond donors (Lipinski definition) is 0. The van der Waals surface area contributed by atoms with Gasteiger partial charge in [0, 0.05) is 6.42 Å². The molecule has 0 saturated carbocycles. The van der Waals surface area contributed by atoms with Crippen LogP contribution in [0.2, 0.25) is 0 Å². The molecule has 15 heavy (non-hydrogen) atoms. The minimum absolute atomic E-state index is 0.217. The predicted molar refractivity (Wildman–Crippen MR) is 63.5 cm³/mol. The van der Waals surface area contributed by atoms with Crippen LogP contribution in [0.4, 0.5) is 0 Å². The molecule has 2 nitrogen and oxygen atoms in total. The van der Waals surface area contributed by atoms with E-state index in [2.05, 4.69) is 31.2 Å². The third kappa shape index (κ3) is 4.15. The van der Waals surface area contributed by atoms with Crippen LogP contribution in [0.15, 0.2) is 30.3 Å². The highest BCUT2D eigenvalue weighted by molar-refractivity contribution is 5.67. The average molecular weight is 206 g/mol. The predicted octanol–water partition coefficient (Wildman–Crippen LogP) is 2.32. The maximum absolute atomic E-state index is 5.76. The molecule has 2 heteroatoms. The molecule has 0 aliphatic heterocycles. The molecule has 1 aromatic rings. The minimum atomic E-state index is 0.217. The Morgan fingerprint density at radius 1 is 1.27 bits per heavy atom. The van der Waals surface area contributed by atoms with Crippen molar-refractivity contribution < 1.29 is 9.31 Å². The lowest BCUT2D eigenvalue weighted by molar-refractivity contribution is -0.475. The zero-order chi connectivity index (χ0) is 11.3. The van der Waals surface area contributed by atoms with E-state index in [0.717, 1.165) is 12.3 Å². The third-order valence-electron chi connectivity index (χ3n) is 2.37. The maximum Gasteiger partial charge on any atom is 0.332 e. The molecule has 1 rings (SSSR count). The van der Waals surface area contributed by atoms with Crippen LogP contribution < -0.4 is 0 Å². The molecular weight excluding hydrogens is 186 g/mol. The summed E-state index contributed by atoms with van der Waals surface area (Å²) in [5.41, 5.74) is 1.32. The van der Waals surface area contributed by atoms with Gasteiger partial charge in [0.25, 0.3) is 0 Å². The van der Waals surface area contributed by atoms with E-state index in [-0.39, 0.29) is 6.10 Å². The van der Waals surface area contributed by atoms with Crippen molar-refractivity contribution in [3.05, 3.63) is 35.9 Å². The van der Waals surface area contributed by atoms with Gasteiger partial charge in [-0.15, -0.1) is 0 Å². The lowest BCUT2D eigenvalue weighted by atomic mass is 10.1. The fourth-order valence-electron chi connectivity index (χ4n) is 1.38. The molecule has 1 atom stereocenters. The van der Waals surface area contributed by atoms with Gasteiger partial charge >= 0.3 is 5.90 Å². The molecule has 0 aliphatic rings. The Kier molecular flexibility index (Phi) is 4.35. The lowest BCUT2D eigenvalue weighted by Gasteiger charge is -2.12. The summed E-state index contributed by atoms with van der Waals surface area (Å²) >= 11 is 0. The summed E-state index contributed by atoms with van der Waals surface area (Å²) in [7, 11) is 3.98. The van der Waals surface area contributed by atoms with Crippen molar-refractivity contribution in [2.24, 2.45) is 0 Å². The Morgan fingerprint density at radius 3 is 2.40 bits per heavy atom. The summed E-state index contributed by atoms with van der Waals surface area (Å²) in [5.74, 6) is 0.957. The van der Waals surface area contributed by atoms with Gasteiger partial charge in [-0.05, 0) is 12.5 Å². The fraction of sp³-hybridized carbons (Fsp3) is 0.462. The third-order valence-corrected chi connectivity index (χ3v) is 2.37. The summed E-state index contributed by atoms with van der Waals surface area (Å²) in [6.07, 6.45) is 1.17. The lowest BCUT2D eigenvalue weighted by Crippen LogP contribution is -2.21. The van der Waals surface area contributed by atoms with Crippen LogP contribution in [-0.4, -0.2) is 30.7 Å². The van der Waals surface area contributed by atoms with E-state index in [1.54, 1.807) is 0 Å². The van der Waals surface area contributed by atoms with E-state index in [1.165, 1.54) is 5.56 Å². The number of hydrogen-bond acceptors (Lipinski definition) is 1. The maximum atomic E-state index is 5.76. The van der Waals surface area contributed by atoms with Crippen molar-refractivity contribution in [3.63, 3.8) is 0 Å². The largest absolute Gasteiger partial charge is 0.445 e. The molecule has 0 N–H and O–H groups in total. The Labute approximate surface area is 92.2 Å². The zero-order valence-electron chi connectivity index (χ0n) is 10.0. The Morgan fingerprint density at radius 2 is 1.87 bits per heavy atom. The topological polar surface area (TPSA) is 12.2 Å². The fourth-order valence-corrected chi connectivity index (χ4v) is 1.38. The van der Waals surface area contributed by atoms with Crippen LogP contribution in [0.25, 0.3) is 0 Å². The first-order valence-corrected chi connectivity index (χ1v) is 5.31. The van der Waals surface area contributed by atoms with Crippen LogP contribution in [-0.2, 0) is 11.2 Å². The van der Waals surface area contributed by atoms with Gasteiger partial charge in [-0.25, -0.2) is 4.58 Å². The molecule has 1 unspecified atom stereocenters. The average Bonchev–Trinajstić information content (AvgIpc) is 2.18. The van der Waals surface area contributed by atoms with Gasteiger partial charge in [-0.3, -0.25) is 0 Å². The van der Waals surface area contributed by atoms with Gasteiger partial charge in [0.1, 0.15) is 20.2 Å². The Hall–Kier alpha value is -1.31. The van der Waals surface area contributed by atoms with Gasteiger partial charge in [0.05, 0.1) is 6.92 Å². The molecule has 0 bridgehead atoms. The SMILES string of the molecule is CC(OC(C)Cc1ccccc1)=[N+](C)C. The van der Waals surface area contributed by atoms with E-state index in [0.29, 0.717) is 0 Å². The molecule has 82 valence electrons. The summed E-state index contributed by atoms with van der Waals surface area (Å²) in [5, 5.41) is 0. The molecule has 0 fully saturated rings.